The van der Waals surface area contributed by atoms with Crippen molar-refractivity contribution in [2.24, 2.45) is 23.7 Å². The van der Waals surface area contributed by atoms with E-state index >= 15 is 0 Å². The zero-order valence-corrected chi connectivity index (χ0v) is 11.7. The quantitative estimate of drug-likeness (QED) is 0.741. The third-order valence-corrected chi connectivity index (χ3v) is 5.00. The Morgan fingerprint density at radius 3 is 1.86 bits per heavy atom. The molecule has 3 aliphatic rings. The fraction of sp³-hybridized carbons (Fsp3) is 0.333. The maximum absolute atomic E-state index is 12.9. The van der Waals surface area contributed by atoms with E-state index in [1.807, 2.05) is 42.5 Å². The van der Waals surface area contributed by atoms with Gasteiger partial charge < -0.3 is 0 Å². The van der Waals surface area contributed by atoms with E-state index in [0.29, 0.717) is 5.69 Å². The second kappa shape index (κ2) is 4.69. The minimum Gasteiger partial charge on any atom is -0.274 e. The summed E-state index contributed by atoms with van der Waals surface area (Å²) in [5, 5.41) is 0. The molecular formula is C18H17NO2. The molecule has 0 N–H and O–H groups in total. The van der Waals surface area contributed by atoms with Crippen LogP contribution in [0.2, 0.25) is 0 Å². The van der Waals surface area contributed by atoms with Crippen LogP contribution in [0.15, 0.2) is 54.6 Å². The number of carbonyl (C=O) groups excluding carboxylic acids is 2. The lowest BCUT2D eigenvalue weighted by molar-refractivity contribution is -0.123. The third-order valence-electron chi connectivity index (χ3n) is 5.00. The van der Waals surface area contributed by atoms with Crippen molar-refractivity contribution in [3.05, 3.63) is 54.6 Å². The maximum Gasteiger partial charge on any atom is 0.238 e. The number of amides is 2. The van der Waals surface area contributed by atoms with Crippen LogP contribution in [0.4, 0.5) is 5.69 Å². The monoisotopic (exact) mass is 279 g/mol. The van der Waals surface area contributed by atoms with Gasteiger partial charge in [-0.2, -0.15) is 0 Å². The molecule has 1 aliphatic heterocycles. The average molecular weight is 279 g/mol. The number of imide groups is 1. The Bertz CT molecular complexity index is 608. The molecule has 3 nitrogen and oxygen atoms in total. The highest BCUT2D eigenvalue weighted by molar-refractivity contribution is 6.22. The lowest BCUT2D eigenvalue weighted by Crippen LogP contribution is -2.35. The van der Waals surface area contributed by atoms with Gasteiger partial charge in [-0.05, 0) is 36.8 Å². The second-order valence-corrected chi connectivity index (χ2v) is 6.07. The molecule has 2 fully saturated rings. The molecule has 1 aromatic rings. The molecule has 4 unspecified atom stereocenters. The van der Waals surface area contributed by atoms with Crippen LogP contribution in [-0.2, 0) is 9.59 Å². The smallest absolute Gasteiger partial charge is 0.238 e. The van der Waals surface area contributed by atoms with E-state index in [1.54, 1.807) is 0 Å². The van der Waals surface area contributed by atoms with Crippen LogP contribution in [0.3, 0.4) is 0 Å². The van der Waals surface area contributed by atoms with Crippen molar-refractivity contribution < 1.29 is 9.59 Å². The van der Waals surface area contributed by atoms with Gasteiger partial charge in [0.1, 0.15) is 0 Å². The molecule has 106 valence electrons. The van der Waals surface area contributed by atoms with E-state index in [4.69, 9.17) is 0 Å². The van der Waals surface area contributed by atoms with Crippen molar-refractivity contribution in [3.8, 4) is 0 Å². The fourth-order valence-corrected chi connectivity index (χ4v) is 4.03. The zero-order chi connectivity index (χ0) is 14.4. The Labute approximate surface area is 123 Å². The van der Waals surface area contributed by atoms with Crippen molar-refractivity contribution in [3.63, 3.8) is 0 Å². The van der Waals surface area contributed by atoms with Crippen molar-refractivity contribution in [1.82, 2.24) is 0 Å². The van der Waals surface area contributed by atoms with E-state index in [2.05, 4.69) is 12.2 Å². The summed E-state index contributed by atoms with van der Waals surface area (Å²) in [4.78, 5) is 27.1. The van der Waals surface area contributed by atoms with Crippen LogP contribution in [0.25, 0.3) is 0 Å². The van der Waals surface area contributed by atoms with Crippen molar-refractivity contribution in [2.75, 3.05) is 4.90 Å². The summed E-state index contributed by atoms with van der Waals surface area (Å²) in [6.45, 7) is 0. The van der Waals surface area contributed by atoms with Crippen LogP contribution in [0.5, 0.6) is 0 Å². The van der Waals surface area contributed by atoms with Gasteiger partial charge in [-0.15, -0.1) is 0 Å². The highest BCUT2D eigenvalue weighted by Gasteiger charge is 2.55. The fourth-order valence-electron chi connectivity index (χ4n) is 4.03. The minimum absolute atomic E-state index is 0.0224. The number of rotatable bonds is 1. The lowest BCUT2D eigenvalue weighted by atomic mass is 9.66. The molecule has 2 aliphatic carbocycles. The number of allylic oxidation sites excluding steroid dienone is 4. The minimum atomic E-state index is -0.183. The van der Waals surface area contributed by atoms with Crippen LogP contribution in [0.1, 0.15) is 12.8 Å². The van der Waals surface area contributed by atoms with Gasteiger partial charge in [0.05, 0.1) is 17.5 Å². The standard InChI is InChI=1S/C18H17NO2/c20-17-15-12-6-4-5-7-13(11-10-12)16(15)18(21)19(17)14-8-2-1-3-9-14/h1-9,12-13,15-16H,10-11H2/b6-4-,7-5-. The first-order valence-electron chi connectivity index (χ1n) is 7.55. The number of para-hydroxylation sites is 1. The number of carbonyl (C=O) groups is 2. The molecule has 2 amide bonds. The molecule has 0 radical (unpaired) electrons. The molecule has 21 heavy (non-hydrogen) atoms. The predicted molar refractivity (Wildman–Crippen MR) is 80.4 cm³/mol. The first kappa shape index (κ1) is 12.6. The van der Waals surface area contributed by atoms with E-state index < -0.39 is 0 Å². The molecule has 1 saturated carbocycles. The summed E-state index contributed by atoms with van der Waals surface area (Å²) in [5.41, 5.74) is 0.701. The van der Waals surface area contributed by atoms with E-state index in [1.165, 1.54) is 4.90 Å². The Balaban J connectivity index is 1.79. The molecule has 4 atom stereocenters. The largest absolute Gasteiger partial charge is 0.274 e. The maximum atomic E-state index is 12.9. The SMILES string of the molecule is O=C1C2C3/C=C\C=C/C(CC3)C2C(=O)N1c1ccccc1. The van der Waals surface area contributed by atoms with E-state index in [9.17, 15) is 9.59 Å². The molecule has 1 aromatic carbocycles. The van der Waals surface area contributed by atoms with Gasteiger partial charge in [-0.3, -0.25) is 14.5 Å². The Hall–Kier alpha value is -2.16. The summed E-state index contributed by atoms with van der Waals surface area (Å²) in [6, 6.07) is 9.30. The average Bonchev–Trinajstić information content (AvgIpc) is 2.72. The summed E-state index contributed by atoms with van der Waals surface area (Å²) in [6.07, 6.45) is 10.2. The first-order valence-corrected chi connectivity index (χ1v) is 7.55. The van der Waals surface area contributed by atoms with Crippen LogP contribution < -0.4 is 4.90 Å². The normalized spacial score (nSPS) is 37.0. The van der Waals surface area contributed by atoms with Gasteiger partial charge in [-0.1, -0.05) is 42.5 Å². The van der Waals surface area contributed by atoms with Gasteiger partial charge >= 0.3 is 0 Å². The number of hydrogen-bond donors (Lipinski definition) is 0. The van der Waals surface area contributed by atoms with Gasteiger partial charge in [0.2, 0.25) is 11.8 Å². The summed E-state index contributed by atoms with van der Waals surface area (Å²) >= 11 is 0. The molecule has 0 spiro atoms. The van der Waals surface area contributed by atoms with Gasteiger partial charge in [0, 0.05) is 0 Å². The molecule has 1 saturated heterocycles. The van der Waals surface area contributed by atoms with Crippen molar-refractivity contribution in [1.29, 1.82) is 0 Å². The van der Waals surface area contributed by atoms with Crippen LogP contribution in [-0.4, -0.2) is 11.8 Å². The third kappa shape index (κ3) is 1.80. The van der Waals surface area contributed by atoms with Crippen LogP contribution >= 0.6 is 0 Å². The highest BCUT2D eigenvalue weighted by Crippen LogP contribution is 2.47. The van der Waals surface area contributed by atoms with Gasteiger partial charge in [-0.25, -0.2) is 0 Å². The van der Waals surface area contributed by atoms with Crippen molar-refractivity contribution >= 4 is 17.5 Å². The number of anilines is 1. The summed E-state index contributed by atoms with van der Waals surface area (Å²) in [5.74, 6) is -0.0188. The van der Waals surface area contributed by atoms with E-state index in [-0.39, 0.29) is 35.5 Å². The second-order valence-electron chi connectivity index (χ2n) is 6.07. The molecule has 4 rings (SSSR count). The first-order chi connectivity index (χ1) is 10.3. The van der Waals surface area contributed by atoms with Crippen molar-refractivity contribution in [2.45, 2.75) is 12.8 Å². The summed E-state index contributed by atoms with van der Waals surface area (Å²) in [7, 11) is 0. The number of benzene rings is 1. The molecule has 0 aromatic heterocycles. The molecule has 1 heterocycles. The van der Waals surface area contributed by atoms with Gasteiger partial charge in [0.15, 0.2) is 0 Å². The molecule has 3 heteroatoms. The Morgan fingerprint density at radius 1 is 0.810 bits per heavy atom. The topological polar surface area (TPSA) is 37.4 Å². The zero-order valence-electron chi connectivity index (χ0n) is 11.7. The van der Waals surface area contributed by atoms with Gasteiger partial charge in [0.25, 0.3) is 0 Å². The molecule has 2 bridgehead atoms. The molecular weight excluding hydrogens is 262 g/mol. The Morgan fingerprint density at radius 2 is 1.33 bits per heavy atom. The number of hydrogen-bond acceptors (Lipinski definition) is 2. The number of nitrogens with zero attached hydrogens (tertiary/aromatic N) is 1. The highest BCUT2D eigenvalue weighted by atomic mass is 16.2. The Kier molecular flexibility index (Phi) is 2.81. The van der Waals surface area contributed by atoms with E-state index in [0.717, 1.165) is 12.8 Å². The predicted octanol–water partition coefficient (Wildman–Crippen LogP) is 2.94. The lowest BCUT2D eigenvalue weighted by Gasteiger charge is -2.34. The van der Waals surface area contributed by atoms with Crippen LogP contribution in [0, 0.1) is 23.7 Å². The summed E-state index contributed by atoms with van der Waals surface area (Å²) < 4.78 is 0.